The first kappa shape index (κ1) is 28.3. The molecule has 2 nitrogen and oxygen atoms in total. The van der Waals surface area contributed by atoms with E-state index in [0.717, 1.165) is 38.5 Å². The molecule has 0 amide bonds. The fourth-order valence-electron chi connectivity index (χ4n) is 6.98. The van der Waals surface area contributed by atoms with Crippen molar-refractivity contribution in [2.24, 2.45) is 5.41 Å². The van der Waals surface area contributed by atoms with Gasteiger partial charge in [0.15, 0.2) is 0 Å². The lowest BCUT2D eigenvalue weighted by Gasteiger charge is -2.42. The molecule has 0 fully saturated rings. The van der Waals surface area contributed by atoms with Crippen molar-refractivity contribution in [3.05, 3.63) is 34.9 Å². The Hall–Kier alpha value is -1.31. The van der Waals surface area contributed by atoms with E-state index in [1.807, 2.05) is 0 Å². The van der Waals surface area contributed by atoms with Crippen molar-refractivity contribution in [1.29, 1.82) is 0 Å². The molecule has 0 bridgehead atoms. The molecule has 3 aliphatic rings. The minimum absolute atomic E-state index is 0.260. The third kappa shape index (κ3) is 9.25. The molecule has 35 heavy (non-hydrogen) atoms. The van der Waals surface area contributed by atoms with E-state index in [4.69, 9.17) is 0 Å². The zero-order chi connectivity index (χ0) is 24.6. The van der Waals surface area contributed by atoms with Crippen molar-refractivity contribution in [2.45, 2.75) is 161 Å². The van der Waals surface area contributed by atoms with Crippen LogP contribution in [0.2, 0.25) is 0 Å². The predicted molar refractivity (Wildman–Crippen MR) is 150 cm³/mol. The minimum Gasteiger partial charge on any atom is -0.481 e. The second kappa shape index (κ2) is 16.4. The first-order valence-electron chi connectivity index (χ1n) is 15.5. The monoisotopic (exact) mass is 482 g/mol. The molecule has 0 radical (unpaired) electrons. The van der Waals surface area contributed by atoms with Crippen LogP contribution in [0.3, 0.4) is 0 Å². The number of allylic oxidation sites excluding steroid dienone is 6. The minimum atomic E-state index is -0.612. The summed E-state index contributed by atoms with van der Waals surface area (Å²) in [5, 5.41) is 10.4. The van der Waals surface area contributed by atoms with Gasteiger partial charge in [0.05, 0.1) is 6.42 Å². The molecular weight excluding hydrogens is 428 g/mol. The lowest BCUT2D eigenvalue weighted by Crippen LogP contribution is -2.33. The van der Waals surface area contributed by atoms with Crippen LogP contribution in [0, 0.1) is 5.41 Å². The number of hydrogen-bond acceptors (Lipinski definition) is 1. The molecule has 0 saturated heterocycles. The molecule has 1 N–H and O–H groups in total. The Kier molecular flexibility index (Phi) is 13.3. The number of carboxylic acids is 1. The fraction of sp³-hybridized carbons (Fsp3) is 0.788. The zero-order valence-corrected chi connectivity index (χ0v) is 22.8. The summed E-state index contributed by atoms with van der Waals surface area (Å²) in [5.41, 5.74) is 4.07. The molecule has 198 valence electrons. The van der Waals surface area contributed by atoms with Gasteiger partial charge in [0.25, 0.3) is 0 Å². The van der Waals surface area contributed by atoms with E-state index in [2.05, 4.69) is 18.2 Å². The van der Waals surface area contributed by atoms with Gasteiger partial charge in [-0.3, -0.25) is 4.79 Å². The van der Waals surface area contributed by atoms with Crippen molar-refractivity contribution >= 4 is 5.97 Å². The van der Waals surface area contributed by atoms with E-state index in [1.165, 1.54) is 132 Å². The number of carbonyl (C=O) groups is 1. The second-order valence-electron chi connectivity index (χ2n) is 11.6. The van der Waals surface area contributed by atoms with E-state index in [0.29, 0.717) is 0 Å². The molecule has 0 heterocycles. The molecule has 3 rings (SSSR count). The van der Waals surface area contributed by atoms with Gasteiger partial charge in [-0.25, -0.2) is 0 Å². The molecule has 0 unspecified atom stereocenters. The molecule has 0 aromatic carbocycles. The summed E-state index contributed by atoms with van der Waals surface area (Å²) in [4.78, 5) is 12.7. The molecule has 0 atom stereocenters. The van der Waals surface area contributed by atoms with Gasteiger partial charge in [0, 0.05) is 5.41 Å². The second-order valence-corrected chi connectivity index (χ2v) is 11.6. The third-order valence-electron chi connectivity index (χ3n) is 8.93. The smallest absolute Gasteiger partial charge is 0.304 e. The maximum Gasteiger partial charge on any atom is 0.304 e. The Bertz CT molecular complexity index is 627. The molecule has 0 spiro atoms. The maximum atomic E-state index is 12.7. The Morgan fingerprint density at radius 3 is 1.11 bits per heavy atom. The lowest BCUT2D eigenvalue weighted by atomic mass is 9.61. The highest BCUT2D eigenvalue weighted by Gasteiger charge is 2.42. The van der Waals surface area contributed by atoms with Crippen LogP contribution < -0.4 is 0 Å². The third-order valence-corrected chi connectivity index (χ3v) is 8.93. The standard InChI is InChI=1S/C33H54O2/c34-32(35)28-33(29-22-16-10-4-1-5-11-17-23-29,30-24-18-12-6-2-7-13-19-25-30)31-26-20-14-8-3-9-15-21-27-31/h22,24,26H,1-21,23,25,27-28H2,(H,34,35)/b29-22+,30-24+,31-26+. The molecule has 3 aliphatic carbocycles. The van der Waals surface area contributed by atoms with Crippen LogP contribution in [0.5, 0.6) is 0 Å². The van der Waals surface area contributed by atoms with Gasteiger partial charge < -0.3 is 5.11 Å². The Morgan fingerprint density at radius 1 is 0.514 bits per heavy atom. The highest BCUT2D eigenvalue weighted by atomic mass is 16.4. The molecule has 0 aromatic heterocycles. The fourth-order valence-corrected chi connectivity index (χ4v) is 6.98. The van der Waals surface area contributed by atoms with Crippen LogP contribution in [0.15, 0.2) is 34.9 Å². The number of aliphatic carboxylic acids is 1. The number of carboxylic acid groups (broad SMARTS) is 1. The summed E-state index contributed by atoms with van der Waals surface area (Å²) < 4.78 is 0. The van der Waals surface area contributed by atoms with Gasteiger partial charge in [0.1, 0.15) is 0 Å². The van der Waals surface area contributed by atoms with Gasteiger partial charge in [-0.1, -0.05) is 112 Å². The van der Waals surface area contributed by atoms with E-state index in [-0.39, 0.29) is 11.8 Å². The highest BCUT2D eigenvalue weighted by Crippen LogP contribution is 2.52. The van der Waals surface area contributed by atoms with E-state index in [1.54, 1.807) is 0 Å². The summed E-state index contributed by atoms with van der Waals surface area (Å²) in [7, 11) is 0. The number of rotatable bonds is 5. The molecule has 0 aromatic rings. The van der Waals surface area contributed by atoms with Crippen LogP contribution in [0.1, 0.15) is 161 Å². The summed E-state index contributed by atoms with van der Waals surface area (Å²) >= 11 is 0. The van der Waals surface area contributed by atoms with E-state index < -0.39 is 5.97 Å². The highest BCUT2D eigenvalue weighted by molar-refractivity contribution is 5.71. The SMILES string of the molecule is O=C(O)CC(/C1=C/CCCCCCCC1)(/C1=C/CCCCCCCC1)/C1=C/CCCCCCCC1. The van der Waals surface area contributed by atoms with Crippen molar-refractivity contribution in [1.82, 2.24) is 0 Å². The van der Waals surface area contributed by atoms with Gasteiger partial charge >= 0.3 is 5.97 Å². The van der Waals surface area contributed by atoms with Crippen molar-refractivity contribution in [3.63, 3.8) is 0 Å². The van der Waals surface area contributed by atoms with Gasteiger partial charge in [-0.15, -0.1) is 0 Å². The predicted octanol–water partition coefficient (Wildman–Crippen LogP) is 10.6. The normalized spacial score (nSPS) is 27.7. The summed E-state index contributed by atoms with van der Waals surface area (Å²) in [6.07, 6.45) is 37.8. The topological polar surface area (TPSA) is 37.3 Å². The van der Waals surface area contributed by atoms with Crippen LogP contribution in [0.25, 0.3) is 0 Å². The molecule has 0 saturated carbocycles. The van der Waals surface area contributed by atoms with Gasteiger partial charge in [-0.2, -0.15) is 0 Å². The zero-order valence-electron chi connectivity index (χ0n) is 22.8. The van der Waals surface area contributed by atoms with Crippen LogP contribution in [0.4, 0.5) is 0 Å². The van der Waals surface area contributed by atoms with Crippen LogP contribution >= 0.6 is 0 Å². The van der Waals surface area contributed by atoms with Crippen molar-refractivity contribution < 1.29 is 9.90 Å². The maximum absolute atomic E-state index is 12.7. The first-order chi connectivity index (χ1) is 17.2. The summed E-state index contributed by atoms with van der Waals surface area (Å²) in [6.45, 7) is 0. The molecular formula is C33H54O2. The molecule has 2 heteroatoms. The Balaban J connectivity index is 2.12. The van der Waals surface area contributed by atoms with Gasteiger partial charge in [0.2, 0.25) is 0 Å². The lowest BCUT2D eigenvalue weighted by molar-refractivity contribution is -0.138. The number of hydrogen-bond donors (Lipinski definition) is 1. The Labute approximate surface area is 216 Å². The molecule has 0 aliphatic heterocycles. The van der Waals surface area contributed by atoms with E-state index >= 15 is 0 Å². The average Bonchev–Trinajstić information content (AvgIpc) is 2.87. The first-order valence-corrected chi connectivity index (χ1v) is 15.5. The summed E-state index contributed by atoms with van der Waals surface area (Å²) in [5.74, 6) is -0.612. The van der Waals surface area contributed by atoms with Gasteiger partial charge in [-0.05, 0) is 77.0 Å². The Morgan fingerprint density at radius 2 is 0.800 bits per heavy atom. The largest absolute Gasteiger partial charge is 0.481 e. The van der Waals surface area contributed by atoms with Crippen LogP contribution in [-0.2, 0) is 4.79 Å². The average molecular weight is 483 g/mol. The van der Waals surface area contributed by atoms with Crippen molar-refractivity contribution in [2.75, 3.05) is 0 Å². The van der Waals surface area contributed by atoms with E-state index in [9.17, 15) is 9.90 Å². The van der Waals surface area contributed by atoms with Crippen molar-refractivity contribution in [3.8, 4) is 0 Å². The quantitative estimate of drug-likeness (QED) is 0.396. The van der Waals surface area contributed by atoms with Crippen LogP contribution in [-0.4, -0.2) is 11.1 Å². The summed E-state index contributed by atoms with van der Waals surface area (Å²) in [6, 6.07) is 0.